The van der Waals surface area contributed by atoms with Gasteiger partial charge in [0.15, 0.2) is 11.5 Å². The average molecular weight is 318 g/mol. The summed E-state index contributed by atoms with van der Waals surface area (Å²) in [6, 6.07) is 8.58. The maximum absolute atomic E-state index is 10.2. The van der Waals surface area contributed by atoms with Crippen molar-refractivity contribution in [2.75, 3.05) is 20.1 Å². The molecule has 0 bridgehead atoms. The highest BCUT2D eigenvalue weighted by molar-refractivity contribution is 6.30. The van der Waals surface area contributed by atoms with Crippen molar-refractivity contribution in [3.05, 3.63) is 46.5 Å². The third-order valence-corrected chi connectivity index (χ3v) is 4.80. The van der Waals surface area contributed by atoms with Gasteiger partial charge in [-0.15, -0.1) is 0 Å². The number of halogens is 1. The summed E-state index contributed by atoms with van der Waals surface area (Å²) in [5.74, 6) is 1.54. The van der Waals surface area contributed by atoms with Gasteiger partial charge in [-0.1, -0.05) is 11.6 Å². The molecule has 2 aliphatic heterocycles. The van der Waals surface area contributed by atoms with Crippen molar-refractivity contribution in [3.8, 4) is 23.0 Å². The number of rotatable bonds is 0. The summed E-state index contributed by atoms with van der Waals surface area (Å²) in [4.78, 5) is 2.25. The number of likely N-dealkylation sites (tertiary alicyclic amines) is 1. The summed E-state index contributed by atoms with van der Waals surface area (Å²) >= 11 is 6.17. The van der Waals surface area contributed by atoms with Gasteiger partial charge in [0, 0.05) is 47.1 Å². The number of phenolic OH excluding ortho intramolecular Hbond substituents is 2. The number of hydrogen-bond acceptors (Lipinski definition) is 4. The lowest BCUT2D eigenvalue weighted by atomic mass is 9.84. The second-order valence-electron chi connectivity index (χ2n) is 6.10. The van der Waals surface area contributed by atoms with Crippen LogP contribution in [0.5, 0.6) is 23.0 Å². The van der Waals surface area contributed by atoms with Crippen LogP contribution in [0.3, 0.4) is 0 Å². The lowest BCUT2D eigenvalue weighted by Gasteiger charge is -2.17. The van der Waals surface area contributed by atoms with Crippen molar-refractivity contribution < 1.29 is 14.9 Å². The molecule has 114 valence electrons. The molecule has 4 nitrogen and oxygen atoms in total. The smallest absolute Gasteiger partial charge is 0.172 e. The molecule has 2 aromatic rings. The van der Waals surface area contributed by atoms with Crippen LogP contribution in [0, 0.1) is 0 Å². The van der Waals surface area contributed by atoms with E-state index in [-0.39, 0.29) is 23.3 Å². The Morgan fingerprint density at radius 2 is 1.82 bits per heavy atom. The molecule has 0 saturated carbocycles. The topological polar surface area (TPSA) is 52.9 Å². The first kappa shape index (κ1) is 13.7. The standard InChI is InChI=1S/C17H16ClNO3/c1-19-7-13-11-4-9(18)2-3-16(11)22-17-12(14(13)8-19)5-10(20)6-15(17)21/h2-6,13-14,20-21H,7-8H2,1H3/t13-,14-/m1/s1. The highest BCUT2D eigenvalue weighted by Crippen LogP contribution is 2.53. The minimum atomic E-state index is -0.0360. The zero-order chi connectivity index (χ0) is 15.4. The maximum atomic E-state index is 10.2. The van der Waals surface area contributed by atoms with E-state index >= 15 is 0 Å². The molecule has 0 unspecified atom stereocenters. The van der Waals surface area contributed by atoms with E-state index < -0.39 is 0 Å². The van der Waals surface area contributed by atoms with E-state index in [2.05, 4.69) is 11.9 Å². The van der Waals surface area contributed by atoms with E-state index in [1.807, 2.05) is 12.1 Å². The molecule has 0 spiro atoms. The fourth-order valence-electron chi connectivity index (χ4n) is 3.65. The SMILES string of the molecule is CN1C[C@@H]2c3cc(Cl)ccc3Oc3c(O)cc(O)cc3[C@H]2C1. The summed E-state index contributed by atoms with van der Waals surface area (Å²) in [7, 11) is 2.07. The highest BCUT2D eigenvalue weighted by atomic mass is 35.5. The van der Waals surface area contributed by atoms with Gasteiger partial charge in [-0.3, -0.25) is 0 Å². The Labute approximate surface area is 133 Å². The van der Waals surface area contributed by atoms with Gasteiger partial charge in [0.05, 0.1) is 0 Å². The Morgan fingerprint density at radius 3 is 2.59 bits per heavy atom. The predicted octanol–water partition coefficient (Wildman–Crippen LogP) is 3.67. The monoisotopic (exact) mass is 317 g/mol. The predicted molar refractivity (Wildman–Crippen MR) is 84.3 cm³/mol. The number of ether oxygens (including phenoxy) is 1. The summed E-state index contributed by atoms with van der Waals surface area (Å²) in [5.41, 5.74) is 1.90. The second kappa shape index (κ2) is 4.80. The van der Waals surface area contributed by atoms with Gasteiger partial charge in [0.1, 0.15) is 11.5 Å². The molecule has 2 aliphatic rings. The number of likely N-dealkylation sites (N-methyl/N-ethyl adjacent to an activating group) is 1. The van der Waals surface area contributed by atoms with Crippen molar-refractivity contribution in [2.24, 2.45) is 0 Å². The van der Waals surface area contributed by atoms with E-state index in [4.69, 9.17) is 16.3 Å². The van der Waals surface area contributed by atoms with Crippen LogP contribution < -0.4 is 4.74 Å². The molecule has 1 saturated heterocycles. The van der Waals surface area contributed by atoms with Crippen LogP contribution in [0.4, 0.5) is 0 Å². The molecule has 0 aromatic heterocycles. The number of nitrogens with zero attached hydrogens (tertiary/aromatic N) is 1. The zero-order valence-corrected chi connectivity index (χ0v) is 12.8. The molecule has 5 heteroatoms. The molecular formula is C17H16ClNO3. The Bertz CT molecular complexity index is 762. The maximum Gasteiger partial charge on any atom is 0.172 e. The average Bonchev–Trinajstić information content (AvgIpc) is 2.79. The van der Waals surface area contributed by atoms with Crippen LogP contribution in [0.1, 0.15) is 23.0 Å². The van der Waals surface area contributed by atoms with Gasteiger partial charge >= 0.3 is 0 Å². The molecule has 2 atom stereocenters. The lowest BCUT2D eigenvalue weighted by Crippen LogP contribution is -2.14. The third kappa shape index (κ3) is 2.02. The van der Waals surface area contributed by atoms with E-state index in [0.717, 1.165) is 30.0 Å². The number of hydrogen-bond donors (Lipinski definition) is 2. The summed E-state index contributed by atoms with van der Waals surface area (Å²) in [6.45, 7) is 1.73. The van der Waals surface area contributed by atoms with Gasteiger partial charge in [0.2, 0.25) is 0 Å². The van der Waals surface area contributed by atoms with E-state index in [1.54, 1.807) is 12.1 Å². The minimum Gasteiger partial charge on any atom is -0.508 e. The number of fused-ring (bicyclic) bond motifs is 5. The molecule has 0 amide bonds. The number of aromatic hydroxyl groups is 2. The van der Waals surface area contributed by atoms with Crippen molar-refractivity contribution in [2.45, 2.75) is 11.8 Å². The summed E-state index contributed by atoms with van der Waals surface area (Å²) in [5, 5.41) is 20.7. The van der Waals surface area contributed by atoms with Crippen LogP contribution >= 0.6 is 11.6 Å². The van der Waals surface area contributed by atoms with Crippen molar-refractivity contribution in [1.82, 2.24) is 4.90 Å². The fourth-order valence-corrected chi connectivity index (χ4v) is 3.83. The first-order chi connectivity index (χ1) is 10.5. The molecule has 2 N–H and O–H groups in total. The van der Waals surface area contributed by atoms with E-state index in [0.29, 0.717) is 10.8 Å². The van der Waals surface area contributed by atoms with E-state index in [9.17, 15) is 10.2 Å². The zero-order valence-electron chi connectivity index (χ0n) is 12.1. The molecule has 22 heavy (non-hydrogen) atoms. The van der Waals surface area contributed by atoms with Gasteiger partial charge in [-0.25, -0.2) is 0 Å². The number of phenols is 2. The molecular weight excluding hydrogens is 302 g/mol. The number of benzene rings is 2. The first-order valence-corrected chi connectivity index (χ1v) is 7.62. The van der Waals surface area contributed by atoms with Crippen molar-refractivity contribution in [3.63, 3.8) is 0 Å². The largest absolute Gasteiger partial charge is 0.508 e. The Kier molecular flexibility index (Phi) is 2.99. The molecule has 4 rings (SSSR count). The highest BCUT2D eigenvalue weighted by Gasteiger charge is 2.39. The van der Waals surface area contributed by atoms with Crippen molar-refractivity contribution in [1.29, 1.82) is 0 Å². The first-order valence-electron chi connectivity index (χ1n) is 7.24. The van der Waals surface area contributed by atoms with Crippen LogP contribution in [0.2, 0.25) is 5.02 Å². The van der Waals surface area contributed by atoms with Gasteiger partial charge in [0.25, 0.3) is 0 Å². The summed E-state index contributed by atoms with van der Waals surface area (Å²) in [6.07, 6.45) is 0. The molecule has 1 fully saturated rings. The van der Waals surface area contributed by atoms with Gasteiger partial charge in [-0.2, -0.15) is 0 Å². The summed E-state index contributed by atoms with van der Waals surface area (Å²) < 4.78 is 5.98. The molecule has 0 aliphatic carbocycles. The Hall–Kier alpha value is -1.91. The van der Waals surface area contributed by atoms with Crippen molar-refractivity contribution >= 4 is 11.6 Å². The van der Waals surface area contributed by atoms with Gasteiger partial charge < -0.3 is 19.8 Å². The fraction of sp³-hybridized carbons (Fsp3) is 0.294. The Morgan fingerprint density at radius 1 is 1.09 bits per heavy atom. The normalized spacial score (nSPS) is 23.2. The minimum absolute atomic E-state index is 0.0360. The third-order valence-electron chi connectivity index (χ3n) is 4.57. The molecule has 2 heterocycles. The van der Waals surface area contributed by atoms with Crippen LogP contribution in [-0.4, -0.2) is 35.3 Å². The van der Waals surface area contributed by atoms with Crippen LogP contribution in [0.15, 0.2) is 30.3 Å². The van der Waals surface area contributed by atoms with E-state index in [1.165, 1.54) is 6.07 Å². The quantitative estimate of drug-likeness (QED) is 0.778. The molecule has 0 radical (unpaired) electrons. The van der Waals surface area contributed by atoms with Crippen LogP contribution in [-0.2, 0) is 0 Å². The molecule has 2 aromatic carbocycles. The van der Waals surface area contributed by atoms with Gasteiger partial charge in [-0.05, 0) is 31.3 Å². The van der Waals surface area contributed by atoms with Crippen LogP contribution in [0.25, 0.3) is 0 Å². The second-order valence-corrected chi connectivity index (χ2v) is 6.54. The lowest BCUT2D eigenvalue weighted by molar-refractivity contribution is 0.386. The Balaban J connectivity index is 1.97.